The van der Waals surface area contributed by atoms with Crippen LogP contribution in [0, 0.1) is 0 Å². The van der Waals surface area contributed by atoms with Gasteiger partial charge in [0.15, 0.2) is 5.16 Å². The molecule has 0 unspecified atom stereocenters. The monoisotopic (exact) mass is 473 g/mol. The van der Waals surface area contributed by atoms with Gasteiger partial charge in [-0.15, -0.1) is 10.2 Å². The first kappa shape index (κ1) is 24.0. The molecule has 2 aromatic rings. The fraction of sp³-hybridized carbons (Fsp3) is 0.625. The van der Waals surface area contributed by atoms with Crippen molar-refractivity contribution >= 4 is 23.6 Å². The Kier molecular flexibility index (Phi) is 8.63. The van der Waals surface area contributed by atoms with Gasteiger partial charge in [0.1, 0.15) is 0 Å². The van der Waals surface area contributed by atoms with Crippen molar-refractivity contribution in [3.63, 3.8) is 0 Å². The minimum atomic E-state index is 0.0124. The largest absolute Gasteiger partial charge is 0.378 e. The first-order chi connectivity index (χ1) is 16.1. The Morgan fingerprint density at radius 2 is 1.97 bits per heavy atom. The molecule has 4 rings (SSSR count). The average molecular weight is 474 g/mol. The number of anilines is 1. The molecule has 0 spiro atoms. The Hall–Kier alpha value is -2.10. The first-order valence-electron chi connectivity index (χ1n) is 12.0. The summed E-state index contributed by atoms with van der Waals surface area (Å²) in [6, 6.07) is 8.64. The maximum Gasteiger partial charge on any atom is 0.230 e. The van der Waals surface area contributed by atoms with E-state index < -0.39 is 0 Å². The molecule has 2 aliphatic rings. The Morgan fingerprint density at radius 3 is 2.67 bits per heavy atom. The van der Waals surface area contributed by atoms with Gasteiger partial charge in [0.25, 0.3) is 0 Å². The van der Waals surface area contributed by atoms with E-state index in [0.29, 0.717) is 31.4 Å². The third-order valence-electron chi connectivity index (χ3n) is 6.12. The van der Waals surface area contributed by atoms with Crippen molar-refractivity contribution in [1.82, 2.24) is 20.1 Å². The number of amides is 1. The molecule has 0 bridgehead atoms. The molecule has 33 heavy (non-hydrogen) atoms. The molecule has 1 aromatic carbocycles. The number of nitrogens with zero attached hydrogens (tertiary/aromatic N) is 4. The summed E-state index contributed by atoms with van der Waals surface area (Å²) >= 11 is 1.44. The molecule has 1 amide bonds. The third kappa shape index (κ3) is 6.71. The number of thioether (sulfide) groups is 1. The highest BCUT2D eigenvalue weighted by atomic mass is 32.2. The highest BCUT2D eigenvalue weighted by Crippen LogP contribution is 2.25. The van der Waals surface area contributed by atoms with E-state index in [2.05, 4.69) is 63.1 Å². The van der Waals surface area contributed by atoms with Gasteiger partial charge in [0.05, 0.1) is 31.6 Å². The highest BCUT2D eigenvalue weighted by molar-refractivity contribution is 7.99. The summed E-state index contributed by atoms with van der Waals surface area (Å²) in [6.07, 6.45) is 3.13. The van der Waals surface area contributed by atoms with E-state index in [-0.39, 0.29) is 12.0 Å². The molecule has 2 aliphatic heterocycles. The molecule has 9 heteroatoms. The predicted octanol–water partition coefficient (Wildman–Crippen LogP) is 2.87. The quantitative estimate of drug-likeness (QED) is 0.532. The van der Waals surface area contributed by atoms with E-state index in [4.69, 9.17) is 9.47 Å². The number of rotatable bonds is 10. The molecule has 1 N–H and O–H groups in total. The summed E-state index contributed by atoms with van der Waals surface area (Å²) in [5.74, 6) is 1.71. The van der Waals surface area contributed by atoms with Crippen LogP contribution in [0.4, 0.5) is 5.95 Å². The standard InChI is InChI=1S/C24H35N5O3S/c1-18(2)20-7-5-19(6-8-20)9-10-25-22(30)17-33-24-27-26-23(28-11-14-31-15-12-28)29(24)16-21-4-3-13-32-21/h5-8,18,21H,3-4,9-17H2,1-2H3,(H,25,30)/t21-/m1/s1. The van der Waals surface area contributed by atoms with Crippen molar-refractivity contribution in [2.75, 3.05) is 50.1 Å². The van der Waals surface area contributed by atoms with Gasteiger partial charge in [0, 0.05) is 26.2 Å². The fourth-order valence-electron chi connectivity index (χ4n) is 4.13. The molecule has 2 saturated heterocycles. The van der Waals surface area contributed by atoms with Crippen LogP contribution in [0.15, 0.2) is 29.4 Å². The van der Waals surface area contributed by atoms with Crippen LogP contribution in [0.3, 0.4) is 0 Å². The average Bonchev–Trinajstić information content (AvgIpc) is 3.49. The van der Waals surface area contributed by atoms with Crippen LogP contribution in [-0.4, -0.2) is 72.0 Å². The van der Waals surface area contributed by atoms with E-state index in [1.54, 1.807) is 0 Å². The van der Waals surface area contributed by atoms with Gasteiger partial charge >= 0.3 is 0 Å². The zero-order chi connectivity index (χ0) is 23.0. The molecular weight excluding hydrogens is 438 g/mol. The minimum absolute atomic E-state index is 0.0124. The van der Waals surface area contributed by atoms with Gasteiger partial charge in [-0.1, -0.05) is 49.9 Å². The lowest BCUT2D eigenvalue weighted by Crippen LogP contribution is -2.38. The normalized spacial score (nSPS) is 18.8. The lowest BCUT2D eigenvalue weighted by Gasteiger charge is -2.28. The van der Waals surface area contributed by atoms with E-state index in [1.165, 1.54) is 22.9 Å². The maximum atomic E-state index is 12.5. The van der Waals surface area contributed by atoms with Crippen LogP contribution in [0.2, 0.25) is 0 Å². The molecule has 3 heterocycles. The number of aromatic nitrogens is 3. The molecule has 8 nitrogen and oxygen atoms in total. The highest BCUT2D eigenvalue weighted by Gasteiger charge is 2.25. The smallest absolute Gasteiger partial charge is 0.230 e. The summed E-state index contributed by atoms with van der Waals surface area (Å²) in [5.41, 5.74) is 2.57. The van der Waals surface area contributed by atoms with E-state index >= 15 is 0 Å². The molecule has 2 fully saturated rings. The van der Waals surface area contributed by atoms with Gasteiger partial charge in [-0.2, -0.15) is 0 Å². The summed E-state index contributed by atoms with van der Waals surface area (Å²) in [4.78, 5) is 14.7. The molecule has 0 saturated carbocycles. The van der Waals surface area contributed by atoms with Gasteiger partial charge < -0.3 is 19.7 Å². The molecule has 180 valence electrons. The molecule has 1 atom stereocenters. The van der Waals surface area contributed by atoms with Crippen molar-refractivity contribution in [3.8, 4) is 0 Å². The van der Waals surface area contributed by atoms with Crippen LogP contribution in [0.5, 0.6) is 0 Å². The van der Waals surface area contributed by atoms with Crippen LogP contribution in [0.25, 0.3) is 0 Å². The zero-order valence-electron chi connectivity index (χ0n) is 19.7. The van der Waals surface area contributed by atoms with Crippen LogP contribution >= 0.6 is 11.8 Å². The predicted molar refractivity (Wildman–Crippen MR) is 130 cm³/mol. The minimum Gasteiger partial charge on any atom is -0.378 e. The maximum absolute atomic E-state index is 12.5. The van der Waals surface area contributed by atoms with Gasteiger partial charge in [-0.25, -0.2) is 0 Å². The van der Waals surface area contributed by atoms with Crippen LogP contribution in [-0.2, 0) is 27.2 Å². The second kappa shape index (κ2) is 11.9. The third-order valence-corrected chi connectivity index (χ3v) is 7.08. The van der Waals surface area contributed by atoms with E-state index in [1.807, 2.05) is 0 Å². The van der Waals surface area contributed by atoms with E-state index in [0.717, 1.165) is 56.6 Å². The first-order valence-corrected chi connectivity index (χ1v) is 12.9. The summed E-state index contributed by atoms with van der Waals surface area (Å²) in [7, 11) is 0. The number of benzene rings is 1. The number of nitrogens with one attached hydrogen (secondary N) is 1. The van der Waals surface area contributed by atoms with Crippen LogP contribution < -0.4 is 10.2 Å². The summed E-state index contributed by atoms with van der Waals surface area (Å²) in [6.45, 7) is 9.52. The van der Waals surface area contributed by atoms with Crippen molar-refractivity contribution in [3.05, 3.63) is 35.4 Å². The number of carbonyl (C=O) groups excluding carboxylic acids is 1. The van der Waals surface area contributed by atoms with Gasteiger partial charge in [0.2, 0.25) is 11.9 Å². The molecule has 1 aromatic heterocycles. The number of carbonyl (C=O) groups is 1. The SMILES string of the molecule is CC(C)c1ccc(CCNC(=O)CSc2nnc(N3CCOCC3)n2C[C@H]2CCCO2)cc1. The van der Waals surface area contributed by atoms with Gasteiger partial charge in [-0.3, -0.25) is 9.36 Å². The Bertz CT molecular complexity index is 890. The lowest BCUT2D eigenvalue weighted by molar-refractivity contribution is -0.118. The second-order valence-electron chi connectivity index (χ2n) is 8.91. The van der Waals surface area contributed by atoms with Crippen LogP contribution in [0.1, 0.15) is 43.7 Å². The Morgan fingerprint density at radius 1 is 1.18 bits per heavy atom. The number of morpholine rings is 1. The fourth-order valence-corrected chi connectivity index (χ4v) is 4.91. The number of ether oxygens (including phenoxy) is 2. The Labute approximate surface area is 200 Å². The van der Waals surface area contributed by atoms with Crippen molar-refractivity contribution < 1.29 is 14.3 Å². The molecule has 0 radical (unpaired) electrons. The van der Waals surface area contributed by atoms with Crippen molar-refractivity contribution in [2.24, 2.45) is 0 Å². The Balaban J connectivity index is 1.30. The number of hydrogen-bond donors (Lipinski definition) is 1. The summed E-state index contributed by atoms with van der Waals surface area (Å²) in [5, 5.41) is 12.7. The van der Waals surface area contributed by atoms with Crippen molar-refractivity contribution in [2.45, 2.75) is 56.8 Å². The summed E-state index contributed by atoms with van der Waals surface area (Å²) < 4.78 is 13.5. The lowest BCUT2D eigenvalue weighted by atomic mass is 10.0. The topological polar surface area (TPSA) is 81.5 Å². The number of hydrogen-bond acceptors (Lipinski definition) is 7. The van der Waals surface area contributed by atoms with E-state index in [9.17, 15) is 4.79 Å². The molecule has 0 aliphatic carbocycles. The van der Waals surface area contributed by atoms with Crippen molar-refractivity contribution in [1.29, 1.82) is 0 Å². The zero-order valence-corrected chi connectivity index (χ0v) is 20.5. The second-order valence-corrected chi connectivity index (χ2v) is 9.86. The van der Waals surface area contributed by atoms with Gasteiger partial charge in [-0.05, 0) is 36.3 Å². The molecular formula is C24H35N5O3S.